The van der Waals surface area contributed by atoms with E-state index in [1.165, 1.54) is 10.9 Å². The zero-order chi connectivity index (χ0) is 17.3. The highest BCUT2D eigenvalue weighted by Gasteiger charge is 2.43. The molecule has 2 saturated heterocycles. The van der Waals surface area contributed by atoms with Crippen molar-refractivity contribution in [2.24, 2.45) is 0 Å². The van der Waals surface area contributed by atoms with Crippen molar-refractivity contribution in [3.05, 3.63) is 36.0 Å². The van der Waals surface area contributed by atoms with Crippen molar-refractivity contribution in [2.45, 2.75) is 31.5 Å². The molecule has 1 aromatic carbocycles. The van der Waals surface area contributed by atoms with E-state index in [1.807, 2.05) is 24.1 Å². The first kappa shape index (κ1) is 16.4. The highest BCUT2D eigenvalue weighted by atomic mass is 16.6. The van der Waals surface area contributed by atoms with Crippen LogP contribution in [0.3, 0.4) is 0 Å². The SMILES string of the molecule is C[C@H]1CN(C(=O)NCCc2cccc3[nH]ccc23)C[C@]2(CCOC2)O1. The van der Waals surface area contributed by atoms with E-state index in [-0.39, 0.29) is 17.7 Å². The summed E-state index contributed by atoms with van der Waals surface area (Å²) in [5.41, 5.74) is 2.06. The van der Waals surface area contributed by atoms with E-state index in [0.717, 1.165) is 18.4 Å². The van der Waals surface area contributed by atoms with Gasteiger partial charge in [-0.15, -0.1) is 0 Å². The number of amides is 2. The largest absolute Gasteiger partial charge is 0.378 e. The predicted octanol–water partition coefficient (Wildman–Crippen LogP) is 2.30. The number of fused-ring (bicyclic) bond motifs is 1. The molecule has 2 amide bonds. The van der Waals surface area contributed by atoms with Crippen LogP contribution in [0, 0.1) is 0 Å². The molecule has 2 aromatic rings. The monoisotopic (exact) mass is 343 g/mol. The van der Waals surface area contributed by atoms with Gasteiger partial charge in [0, 0.05) is 43.2 Å². The number of ether oxygens (including phenoxy) is 2. The summed E-state index contributed by atoms with van der Waals surface area (Å²) in [5.74, 6) is 0. The molecular weight excluding hydrogens is 318 g/mol. The Kier molecular flexibility index (Phi) is 4.39. The van der Waals surface area contributed by atoms with Crippen molar-refractivity contribution in [3.8, 4) is 0 Å². The molecule has 0 unspecified atom stereocenters. The first-order chi connectivity index (χ1) is 12.2. The minimum atomic E-state index is -0.314. The molecular formula is C19H25N3O3. The minimum absolute atomic E-state index is 0.0114. The predicted molar refractivity (Wildman–Crippen MR) is 95.7 cm³/mol. The number of morpholine rings is 1. The molecule has 2 atom stereocenters. The van der Waals surface area contributed by atoms with E-state index in [9.17, 15) is 4.79 Å². The highest BCUT2D eigenvalue weighted by molar-refractivity contribution is 5.83. The Morgan fingerprint density at radius 1 is 1.44 bits per heavy atom. The number of hydrogen-bond acceptors (Lipinski definition) is 3. The van der Waals surface area contributed by atoms with Gasteiger partial charge in [-0.05, 0) is 31.0 Å². The van der Waals surface area contributed by atoms with Crippen molar-refractivity contribution >= 4 is 16.9 Å². The molecule has 2 fully saturated rings. The van der Waals surface area contributed by atoms with Crippen LogP contribution in [-0.2, 0) is 15.9 Å². The number of aromatic amines is 1. The van der Waals surface area contributed by atoms with Crippen LogP contribution < -0.4 is 5.32 Å². The number of aromatic nitrogens is 1. The number of nitrogens with one attached hydrogen (secondary N) is 2. The Labute approximate surface area is 147 Å². The van der Waals surface area contributed by atoms with Gasteiger partial charge >= 0.3 is 6.03 Å². The van der Waals surface area contributed by atoms with E-state index in [1.54, 1.807) is 0 Å². The molecule has 3 heterocycles. The third kappa shape index (κ3) is 3.37. The Morgan fingerprint density at radius 2 is 2.36 bits per heavy atom. The number of benzene rings is 1. The summed E-state index contributed by atoms with van der Waals surface area (Å²) in [5, 5.41) is 4.29. The fourth-order valence-electron chi connectivity index (χ4n) is 3.97. The fourth-order valence-corrected chi connectivity index (χ4v) is 3.97. The number of H-pyrrole nitrogens is 1. The van der Waals surface area contributed by atoms with Crippen molar-refractivity contribution < 1.29 is 14.3 Å². The average molecular weight is 343 g/mol. The van der Waals surface area contributed by atoms with Crippen LogP contribution in [0.4, 0.5) is 4.79 Å². The molecule has 2 N–H and O–H groups in total. The topological polar surface area (TPSA) is 66.6 Å². The molecule has 2 aliphatic heterocycles. The summed E-state index contributed by atoms with van der Waals surface area (Å²) in [4.78, 5) is 17.7. The van der Waals surface area contributed by atoms with Gasteiger partial charge < -0.3 is 24.7 Å². The van der Waals surface area contributed by atoms with Crippen LogP contribution in [0.1, 0.15) is 18.9 Å². The third-order valence-corrected chi connectivity index (χ3v) is 5.12. The van der Waals surface area contributed by atoms with E-state index in [0.29, 0.717) is 32.8 Å². The molecule has 4 rings (SSSR count). The molecule has 6 heteroatoms. The first-order valence-electron chi connectivity index (χ1n) is 8.99. The van der Waals surface area contributed by atoms with Gasteiger partial charge in [-0.25, -0.2) is 4.79 Å². The van der Waals surface area contributed by atoms with Crippen LogP contribution >= 0.6 is 0 Å². The lowest BCUT2D eigenvalue weighted by atomic mass is 9.99. The third-order valence-electron chi connectivity index (χ3n) is 5.12. The van der Waals surface area contributed by atoms with Gasteiger partial charge in [0.15, 0.2) is 0 Å². The van der Waals surface area contributed by atoms with E-state index >= 15 is 0 Å². The van der Waals surface area contributed by atoms with Gasteiger partial charge in [0.1, 0.15) is 5.60 Å². The molecule has 0 saturated carbocycles. The van der Waals surface area contributed by atoms with Crippen LogP contribution in [0.5, 0.6) is 0 Å². The van der Waals surface area contributed by atoms with Gasteiger partial charge in [-0.1, -0.05) is 12.1 Å². The van der Waals surface area contributed by atoms with Crippen molar-refractivity contribution in [1.82, 2.24) is 15.2 Å². The Morgan fingerprint density at radius 3 is 3.20 bits per heavy atom. The maximum absolute atomic E-state index is 12.6. The maximum atomic E-state index is 12.6. The van der Waals surface area contributed by atoms with Crippen LogP contribution in [0.25, 0.3) is 10.9 Å². The molecule has 2 aliphatic rings. The van der Waals surface area contributed by atoms with Crippen LogP contribution in [-0.4, -0.2) is 60.5 Å². The Bertz CT molecular complexity index is 751. The number of urea groups is 1. The van der Waals surface area contributed by atoms with Gasteiger partial charge in [-0.2, -0.15) is 0 Å². The van der Waals surface area contributed by atoms with Crippen molar-refractivity contribution in [2.75, 3.05) is 32.8 Å². The summed E-state index contributed by atoms with van der Waals surface area (Å²) >= 11 is 0. The summed E-state index contributed by atoms with van der Waals surface area (Å²) in [6.07, 6.45) is 3.66. The number of carbonyl (C=O) groups is 1. The highest BCUT2D eigenvalue weighted by Crippen LogP contribution is 2.30. The normalized spacial score (nSPS) is 26.4. The molecule has 25 heavy (non-hydrogen) atoms. The summed E-state index contributed by atoms with van der Waals surface area (Å²) in [7, 11) is 0. The van der Waals surface area contributed by atoms with E-state index in [2.05, 4.69) is 28.5 Å². The van der Waals surface area contributed by atoms with E-state index < -0.39 is 0 Å². The standard InChI is InChI=1S/C19H25N3O3/c1-14-11-22(12-19(25-14)7-10-24-13-19)18(23)21-8-5-15-3-2-4-17-16(15)6-9-20-17/h2-4,6,9,14,20H,5,7-8,10-13H2,1H3,(H,21,23)/t14-,19-/m0/s1. The molecule has 0 aliphatic carbocycles. The molecule has 1 aromatic heterocycles. The smallest absolute Gasteiger partial charge is 0.317 e. The lowest BCUT2D eigenvalue weighted by Gasteiger charge is -2.42. The lowest BCUT2D eigenvalue weighted by Crippen LogP contribution is -2.59. The molecule has 1 spiro atoms. The number of carbonyl (C=O) groups excluding carboxylic acids is 1. The molecule has 0 bridgehead atoms. The zero-order valence-electron chi connectivity index (χ0n) is 14.6. The van der Waals surface area contributed by atoms with Crippen LogP contribution in [0.2, 0.25) is 0 Å². The second kappa shape index (κ2) is 6.69. The quantitative estimate of drug-likeness (QED) is 0.899. The second-order valence-corrected chi connectivity index (χ2v) is 7.13. The summed E-state index contributed by atoms with van der Waals surface area (Å²) in [6.45, 7) is 5.17. The molecule has 0 radical (unpaired) electrons. The summed E-state index contributed by atoms with van der Waals surface area (Å²) in [6, 6.07) is 8.30. The molecule has 134 valence electrons. The van der Waals surface area contributed by atoms with Crippen molar-refractivity contribution in [1.29, 1.82) is 0 Å². The zero-order valence-corrected chi connectivity index (χ0v) is 14.6. The summed E-state index contributed by atoms with van der Waals surface area (Å²) < 4.78 is 11.6. The van der Waals surface area contributed by atoms with Crippen LogP contribution in [0.15, 0.2) is 30.5 Å². The Balaban J connectivity index is 1.35. The minimum Gasteiger partial charge on any atom is -0.378 e. The number of nitrogens with zero attached hydrogens (tertiary/aromatic N) is 1. The van der Waals surface area contributed by atoms with Gasteiger partial charge in [0.2, 0.25) is 0 Å². The number of rotatable bonds is 3. The second-order valence-electron chi connectivity index (χ2n) is 7.13. The number of hydrogen-bond donors (Lipinski definition) is 2. The molecule has 6 nitrogen and oxygen atoms in total. The van der Waals surface area contributed by atoms with Gasteiger partial charge in [0.25, 0.3) is 0 Å². The average Bonchev–Trinajstić information content (AvgIpc) is 3.24. The van der Waals surface area contributed by atoms with Gasteiger partial charge in [-0.3, -0.25) is 0 Å². The fraction of sp³-hybridized carbons (Fsp3) is 0.526. The lowest BCUT2D eigenvalue weighted by molar-refractivity contribution is -0.137. The maximum Gasteiger partial charge on any atom is 0.317 e. The Hall–Kier alpha value is -2.05. The van der Waals surface area contributed by atoms with E-state index in [4.69, 9.17) is 9.47 Å². The van der Waals surface area contributed by atoms with Gasteiger partial charge in [0.05, 0.1) is 19.3 Å². The van der Waals surface area contributed by atoms with Crippen molar-refractivity contribution in [3.63, 3.8) is 0 Å². The first-order valence-corrected chi connectivity index (χ1v) is 8.99.